The smallest absolute Gasteiger partial charge is 0.435 e. The van der Waals surface area contributed by atoms with Crippen LogP contribution in [-0.4, -0.2) is 44.5 Å². The lowest BCUT2D eigenvalue weighted by molar-refractivity contribution is -0.141. The van der Waals surface area contributed by atoms with Gasteiger partial charge in [-0.3, -0.25) is 0 Å². The van der Waals surface area contributed by atoms with Crippen molar-refractivity contribution in [1.82, 2.24) is 24.7 Å². The minimum absolute atomic E-state index is 0.00478. The van der Waals surface area contributed by atoms with Gasteiger partial charge in [-0.1, -0.05) is 6.92 Å². The molecule has 3 aromatic heterocycles. The molecule has 0 amide bonds. The second-order valence-corrected chi connectivity index (χ2v) is 9.72. The molecule has 0 aliphatic heterocycles. The molecule has 0 saturated heterocycles. The number of nitriles is 1. The molecule has 0 unspecified atom stereocenters. The maximum atomic E-state index is 13.0. The standard InChI is InChI=1S/C19H19F3N6O3S/c1-6-32(29,30)13-8-12(31-18(3,4)9-23)10(2)24-15(13)17-25-11-7-14(19(20,21)22)26-27-16(11)28(17)5/h7-8H,6H2,1-5H3. The monoisotopic (exact) mass is 468 g/mol. The van der Waals surface area contributed by atoms with Gasteiger partial charge in [0.25, 0.3) is 0 Å². The topological polar surface area (TPSA) is 124 Å². The van der Waals surface area contributed by atoms with Crippen molar-refractivity contribution in [3.63, 3.8) is 0 Å². The number of hydrogen-bond acceptors (Lipinski definition) is 8. The molecule has 13 heteroatoms. The highest BCUT2D eigenvalue weighted by molar-refractivity contribution is 7.91. The third-order valence-corrected chi connectivity index (χ3v) is 6.34. The number of rotatable bonds is 5. The van der Waals surface area contributed by atoms with Gasteiger partial charge in [0.15, 0.2) is 32.6 Å². The molecule has 0 aromatic carbocycles. The third kappa shape index (κ3) is 4.22. The predicted molar refractivity (Wildman–Crippen MR) is 107 cm³/mol. The summed E-state index contributed by atoms with van der Waals surface area (Å²) >= 11 is 0. The lowest BCUT2D eigenvalue weighted by atomic mass is 10.1. The van der Waals surface area contributed by atoms with Crippen LogP contribution in [0.4, 0.5) is 13.2 Å². The fraction of sp³-hybridized carbons (Fsp3) is 0.421. The Hall–Kier alpha value is -3.27. The molecule has 32 heavy (non-hydrogen) atoms. The second kappa shape index (κ2) is 7.70. The van der Waals surface area contributed by atoms with Crippen molar-refractivity contribution >= 4 is 21.0 Å². The molecule has 0 bridgehead atoms. The van der Waals surface area contributed by atoms with Gasteiger partial charge in [-0.25, -0.2) is 18.4 Å². The van der Waals surface area contributed by atoms with E-state index in [9.17, 15) is 26.9 Å². The number of fused-ring (bicyclic) bond motifs is 1. The highest BCUT2D eigenvalue weighted by Gasteiger charge is 2.34. The van der Waals surface area contributed by atoms with E-state index in [0.29, 0.717) is 0 Å². The van der Waals surface area contributed by atoms with Crippen LogP contribution in [0.2, 0.25) is 0 Å². The van der Waals surface area contributed by atoms with Gasteiger partial charge in [0.2, 0.25) is 0 Å². The summed E-state index contributed by atoms with van der Waals surface area (Å²) in [5.41, 5.74) is -2.35. The number of hydrogen-bond donors (Lipinski definition) is 0. The molecule has 0 atom stereocenters. The van der Waals surface area contributed by atoms with Crippen LogP contribution in [-0.2, 0) is 23.1 Å². The van der Waals surface area contributed by atoms with Crippen molar-refractivity contribution in [2.45, 2.75) is 44.4 Å². The number of pyridine rings is 1. The van der Waals surface area contributed by atoms with Crippen LogP contribution in [0.25, 0.3) is 22.7 Å². The van der Waals surface area contributed by atoms with Crippen molar-refractivity contribution in [3.8, 4) is 23.3 Å². The summed E-state index contributed by atoms with van der Waals surface area (Å²) in [7, 11) is -2.39. The second-order valence-electron chi connectivity index (χ2n) is 7.48. The van der Waals surface area contributed by atoms with E-state index in [1.165, 1.54) is 38.5 Å². The molecule has 0 aliphatic rings. The van der Waals surface area contributed by atoms with Gasteiger partial charge in [0.05, 0.1) is 11.4 Å². The van der Waals surface area contributed by atoms with Gasteiger partial charge in [0.1, 0.15) is 27.9 Å². The largest absolute Gasteiger partial charge is 0.471 e. The fourth-order valence-electron chi connectivity index (χ4n) is 2.86. The number of alkyl halides is 3. The summed E-state index contributed by atoms with van der Waals surface area (Å²) in [4.78, 5) is 8.28. The van der Waals surface area contributed by atoms with Crippen LogP contribution in [0, 0.1) is 18.3 Å². The first kappa shape index (κ1) is 23.4. The maximum absolute atomic E-state index is 13.0. The summed E-state index contributed by atoms with van der Waals surface area (Å²) in [6.07, 6.45) is -4.71. The van der Waals surface area contributed by atoms with Gasteiger partial charge in [0, 0.05) is 19.2 Å². The summed E-state index contributed by atoms with van der Waals surface area (Å²) in [5.74, 6) is -0.187. The molecule has 0 saturated carbocycles. The molecule has 170 valence electrons. The Bertz CT molecular complexity index is 1360. The number of aryl methyl sites for hydroxylation is 2. The molecule has 0 fully saturated rings. The van der Waals surface area contributed by atoms with Crippen LogP contribution >= 0.6 is 0 Å². The van der Waals surface area contributed by atoms with Crippen molar-refractivity contribution in [2.24, 2.45) is 7.05 Å². The molecule has 3 heterocycles. The summed E-state index contributed by atoms with van der Waals surface area (Å²) in [6, 6.07) is 3.94. The Morgan fingerprint density at radius 2 is 1.84 bits per heavy atom. The number of nitrogens with zero attached hydrogens (tertiary/aromatic N) is 6. The Morgan fingerprint density at radius 3 is 2.41 bits per heavy atom. The Labute approximate surface area is 181 Å². The van der Waals surface area contributed by atoms with E-state index < -0.39 is 27.3 Å². The molecule has 0 N–H and O–H groups in total. The zero-order valence-corrected chi connectivity index (χ0v) is 18.6. The molecule has 0 radical (unpaired) electrons. The molecular weight excluding hydrogens is 449 g/mol. The van der Waals surface area contributed by atoms with E-state index in [1.807, 2.05) is 6.07 Å². The summed E-state index contributed by atoms with van der Waals surface area (Å²) in [5, 5.41) is 16.0. The third-order valence-electron chi connectivity index (χ3n) is 4.60. The number of ether oxygens (including phenoxy) is 1. The Balaban J connectivity index is 2.29. The first-order valence-corrected chi connectivity index (χ1v) is 11.0. The molecule has 3 rings (SSSR count). The van der Waals surface area contributed by atoms with E-state index in [-0.39, 0.29) is 44.8 Å². The lowest BCUT2D eigenvalue weighted by Gasteiger charge is -2.21. The molecule has 0 spiro atoms. The first-order valence-electron chi connectivity index (χ1n) is 9.32. The van der Waals surface area contributed by atoms with Crippen LogP contribution in [0.15, 0.2) is 17.0 Å². The number of imidazole rings is 1. The maximum Gasteiger partial charge on any atom is 0.435 e. The number of aromatic nitrogens is 5. The average molecular weight is 468 g/mol. The minimum Gasteiger partial charge on any atom is -0.471 e. The van der Waals surface area contributed by atoms with Gasteiger partial charge >= 0.3 is 6.18 Å². The van der Waals surface area contributed by atoms with Crippen molar-refractivity contribution < 1.29 is 26.3 Å². The molecular formula is C19H19F3N6O3S. The van der Waals surface area contributed by atoms with Gasteiger partial charge in [-0.05, 0) is 20.8 Å². The van der Waals surface area contributed by atoms with Crippen molar-refractivity contribution in [1.29, 1.82) is 5.26 Å². The Kier molecular flexibility index (Phi) is 5.63. The van der Waals surface area contributed by atoms with E-state index in [0.717, 1.165) is 6.07 Å². The van der Waals surface area contributed by atoms with Crippen LogP contribution in [0.3, 0.4) is 0 Å². The van der Waals surface area contributed by atoms with Crippen LogP contribution in [0.1, 0.15) is 32.2 Å². The predicted octanol–water partition coefficient (Wildman–Crippen LogP) is 3.23. The van der Waals surface area contributed by atoms with Crippen molar-refractivity contribution in [3.05, 3.63) is 23.5 Å². The zero-order valence-electron chi connectivity index (χ0n) is 17.8. The SMILES string of the molecule is CCS(=O)(=O)c1cc(OC(C)(C)C#N)c(C)nc1-c1nc2cc(C(F)(F)F)nnc2n1C. The zero-order chi connectivity index (χ0) is 24.1. The van der Waals surface area contributed by atoms with Crippen molar-refractivity contribution in [2.75, 3.05) is 5.75 Å². The van der Waals surface area contributed by atoms with Crippen LogP contribution in [0.5, 0.6) is 5.75 Å². The van der Waals surface area contributed by atoms with E-state index in [2.05, 4.69) is 20.2 Å². The quantitative estimate of drug-likeness (QED) is 0.559. The summed E-state index contributed by atoms with van der Waals surface area (Å²) < 4.78 is 71.6. The summed E-state index contributed by atoms with van der Waals surface area (Å²) in [6.45, 7) is 6.01. The molecule has 9 nitrogen and oxygen atoms in total. The van der Waals surface area contributed by atoms with E-state index in [1.54, 1.807) is 6.92 Å². The minimum atomic E-state index is -4.71. The lowest BCUT2D eigenvalue weighted by Crippen LogP contribution is -2.26. The highest BCUT2D eigenvalue weighted by atomic mass is 32.2. The average Bonchev–Trinajstić information content (AvgIpc) is 3.04. The van der Waals surface area contributed by atoms with E-state index >= 15 is 0 Å². The Morgan fingerprint density at radius 1 is 1.19 bits per heavy atom. The van der Waals surface area contributed by atoms with Gasteiger partial charge < -0.3 is 9.30 Å². The van der Waals surface area contributed by atoms with E-state index in [4.69, 9.17) is 4.74 Å². The molecule has 0 aliphatic carbocycles. The van der Waals surface area contributed by atoms with Crippen LogP contribution < -0.4 is 4.74 Å². The highest BCUT2D eigenvalue weighted by Crippen LogP contribution is 2.34. The normalized spacial score (nSPS) is 12.7. The van der Waals surface area contributed by atoms with Gasteiger partial charge in [-0.2, -0.15) is 18.4 Å². The first-order chi connectivity index (χ1) is 14.7. The fourth-order valence-corrected chi connectivity index (χ4v) is 3.89. The van der Waals surface area contributed by atoms with Gasteiger partial charge in [-0.15, -0.1) is 10.2 Å². The number of halogens is 3. The molecule has 3 aromatic rings. The number of sulfone groups is 1.